The average Bonchev–Trinajstić information content (AvgIpc) is 2.88. The number of ketones is 1. The molecule has 0 unspecified atom stereocenters. The van der Waals surface area contributed by atoms with Gasteiger partial charge in [-0.05, 0) is 66.2 Å². The van der Waals surface area contributed by atoms with Crippen molar-refractivity contribution in [3.63, 3.8) is 0 Å². The Kier molecular flexibility index (Phi) is 5.04. The molecule has 0 aliphatic rings. The van der Waals surface area contributed by atoms with Crippen molar-refractivity contribution in [1.82, 2.24) is 4.57 Å². The van der Waals surface area contributed by atoms with E-state index >= 15 is 0 Å². The quantitative estimate of drug-likeness (QED) is 0.546. The third-order valence-corrected chi connectivity index (χ3v) is 4.65. The van der Waals surface area contributed by atoms with Crippen molar-refractivity contribution in [2.24, 2.45) is 0 Å². The van der Waals surface area contributed by atoms with Gasteiger partial charge in [0.15, 0.2) is 6.61 Å². The summed E-state index contributed by atoms with van der Waals surface area (Å²) in [5.41, 5.74) is 2.91. The van der Waals surface area contributed by atoms with Gasteiger partial charge in [0.05, 0.1) is 4.47 Å². The molecule has 0 N–H and O–H groups in total. The molecule has 5 heteroatoms. The highest BCUT2D eigenvalue weighted by Crippen LogP contribution is 2.25. The lowest BCUT2D eigenvalue weighted by Crippen LogP contribution is -2.13. The smallest absolute Gasteiger partial charge is 0.202 e. The molecule has 128 valence electrons. The molecule has 0 saturated carbocycles. The fourth-order valence-electron chi connectivity index (χ4n) is 2.84. The van der Waals surface area contributed by atoms with Crippen molar-refractivity contribution >= 4 is 21.7 Å². The predicted octanol–water partition coefficient (Wildman–Crippen LogP) is 5.26. The van der Waals surface area contributed by atoms with Gasteiger partial charge in [-0.1, -0.05) is 18.2 Å². The Hall–Kier alpha value is -2.40. The Morgan fingerprint density at radius 1 is 1.12 bits per heavy atom. The summed E-state index contributed by atoms with van der Waals surface area (Å²) in [6.45, 7) is 3.68. The molecular weight excluding hydrogens is 385 g/mol. The van der Waals surface area contributed by atoms with Gasteiger partial charge < -0.3 is 9.30 Å². The summed E-state index contributed by atoms with van der Waals surface area (Å²) in [5, 5.41) is 0. The summed E-state index contributed by atoms with van der Waals surface area (Å²) in [7, 11) is 0. The van der Waals surface area contributed by atoms with Crippen LogP contribution in [0.4, 0.5) is 4.39 Å². The van der Waals surface area contributed by atoms with E-state index in [1.54, 1.807) is 12.1 Å². The molecule has 0 atom stereocenters. The van der Waals surface area contributed by atoms with Crippen LogP contribution in [0.25, 0.3) is 5.69 Å². The van der Waals surface area contributed by atoms with Gasteiger partial charge in [-0.25, -0.2) is 4.39 Å². The maximum Gasteiger partial charge on any atom is 0.202 e. The zero-order valence-corrected chi connectivity index (χ0v) is 15.5. The van der Waals surface area contributed by atoms with Gasteiger partial charge in [0.2, 0.25) is 5.78 Å². The third-order valence-electron chi connectivity index (χ3n) is 3.99. The average molecular weight is 402 g/mol. The number of ether oxygens (including phenoxy) is 1. The van der Waals surface area contributed by atoms with Crippen LogP contribution in [0.2, 0.25) is 0 Å². The molecule has 0 aliphatic carbocycles. The fraction of sp³-hybridized carbons (Fsp3) is 0.150. The second kappa shape index (κ2) is 7.23. The van der Waals surface area contributed by atoms with E-state index in [1.165, 1.54) is 12.1 Å². The van der Waals surface area contributed by atoms with Crippen LogP contribution in [0.5, 0.6) is 5.75 Å². The minimum absolute atomic E-state index is 0.0595. The number of Topliss-reactive ketones (excluding diaryl/α,β-unsaturated/α-hetero) is 1. The summed E-state index contributed by atoms with van der Waals surface area (Å²) in [4.78, 5) is 12.6. The van der Waals surface area contributed by atoms with E-state index in [4.69, 9.17) is 4.74 Å². The number of hydrogen-bond donors (Lipinski definition) is 0. The van der Waals surface area contributed by atoms with Gasteiger partial charge in [-0.15, -0.1) is 0 Å². The van der Waals surface area contributed by atoms with Gasteiger partial charge in [-0.2, -0.15) is 0 Å². The number of carbonyl (C=O) groups excluding carboxylic acids is 1. The summed E-state index contributed by atoms with van der Waals surface area (Å²) >= 11 is 3.39. The van der Waals surface area contributed by atoms with Crippen molar-refractivity contribution in [3.8, 4) is 11.4 Å². The van der Waals surface area contributed by atoms with Gasteiger partial charge in [0, 0.05) is 22.6 Å². The number of aryl methyl sites for hydroxylation is 1. The van der Waals surface area contributed by atoms with E-state index in [9.17, 15) is 9.18 Å². The molecule has 1 aromatic heterocycles. The second-order valence-electron chi connectivity index (χ2n) is 5.74. The van der Waals surface area contributed by atoms with E-state index in [2.05, 4.69) is 15.9 Å². The van der Waals surface area contributed by atoms with Crippen molar-refractivity contribution in [2.45, 2.75) is 13.8 Å². The predicted molar refractivity (Wildman–Crippen MR) is 99.2 cm³/mol. The topological polar surface area (TPSA) is 31.2 Å². The standard InChI is InChI=1S/C20H17BrFNO2/c1-13-10-17(14(2)23(13)16-7-5-6-15(22)11-16)19(24)12-25-20-9-4-3-8-18(20)21/h3-11H,12H2,1-2H3. The molecule has 0 aliphatic heterocycles. The summed E-state index contributed by atoms with van der Waals surface area (Å²) in [6.07, 6.45) is 0. The zero-order chi connectivity index (χ0) is 18.0. The number of nitrogens with zero attached hydrogens (tertiary/aromatic N) is 1. The number of benzene rings is 2. The van der Waals surface area contributed by atoms with Crippen LogP contribution in [0.15, 0.2) is 59.1 Å². The van der Waals surface area contributed by atoms with Gasteiger partial charge >= 0.3 is 0 Å². The van der Waals surface area contributed by atoms with E-state index in [1.807, 2.05) is 48.7 Å². The maximum atomic E-state index is 13.5. The van der Waals surface area contributed by atoms with Crippen LogP contribution in [0, 0.1) is 19.7 Å². The van der Waals surface area contributed by atoms with Crippen LogP contribution in [-0.2, 0) is 0 Å². The molecule has 3 nitrogen and oxygen atoms in total. The molecule has 0 radical (unpaired) electrons. The van der Waals surface area contributed by atoms with Crippen molar-refractivity contribution in [1.29, 1.82) is 0 Å². The Balaban J connectivity index is 1.85. The van der Waals surface area contributed by atoms with Crippen LogP contribution in [-0.4, -0.2) is 17.0 Å². The normalized spacial score (nSPS) is 10.7. The van der Waals surface area contributed by atoms with E-state index in [0.29, 0.717) is 17.0 Å². The number of carbonyl (C=O) groups is 1. The molecule has 1 heterocycles. The first-order valence-electron chi connectivity index (χ1n) is 7.83. The molecule has 2 aromatic carbocycles. The lowest BCUT2D eigenvalue weighted by Gasteiger charge is -2.10. The molecule has 3 rings (SSSR count). The third kappa shape index (κ3) is 3.66. The number of halogens is 2. The minimum Gasteiger partial charge on any atom is -0.484 e. The van der Waals surface area contributed by atoms with Crippen molar-refractivity contribution < 1.29 is 13.9 Å². The largest absolute Gasteiger partial charge is 0.484 e. The van der Waals surface area contributed by atoms with Crippen LogP contribution >= 0.6 is 15.9 Å². The van der Waals surface area contributed by atoms with Crippen LogP contribution in [0.3, 0.4) is 0 Å². The van der Waals surface area contributed by atoms with Gasteiger partial charge in [0.25, 0.3) is 0 Å². The Labute approximate surface area is 154 Å². The second-order valence-corrected chi connectivity index (χ2v) is 6.60. The first kappa shape index (κ1) is 17.4. The van der Waals surface area contributed by atoms with Crippen molar-refractivity contribution in [3.05, 3.63) is 81.8 Å². The highest BCUT2D eigenvalue weighted by Gasteiger charge is 2.17. The lowest BCUT2D eigenvalue weighted by atomic mass is 10.1. The number of para-hydroxylation sites is 1. The molecule has 25 heavy (non-hydrogen) atoms. The highest BCUT2D eigenvalue weighted by molar-refractivity contribution is 9.10. The summed E-state index contributed by atoms with van der Waals surface area (Å²) < 4.78 is 21.8. The maximum absolute atomic E-state index is 13.5. The first-order valence-corrected chi connectivity index (χ1v) is 8.62. The summed E-state index contributed by atoms with van der Waals surface area (Å²) in [5.74, 6) is 0.191. The van der Waals surface area contributed by atoms with E-state index in [0.717, 1.165) is 15.9 Å². The van der Waals surface area contributed by atoms with E-state index in [-0.39, 0.29) is 18.2 Å². The fourth-order valence-corrected chi connectivity index (χ4v) is 3.24. The SMILES string of the molecule is Cc1cc(C(=O)COc2ccccc2Br)c(C)n1-c1cccc(F)c1. The molecule has 0 bridgehead atoms. The minimum atomic E-state index is -0.310. The summed E-state index contributed by atoms with van der Waals surface area (Å²) in [6, 6.07) is 15.5. The van der Waals surface area contributed by atoms with Crippen molar-refractivity contribution in [2.75, 3.05) is 6.61 Å². The first-order chi connectivity index (χ1) is 12.0. The van der Waals surface area contributed by atoms with Crippen LogP contribution in [0.1, 0.15) is 21.7 Å². The highest BCUT2D eigenvalue weighted by atomic mass is 79.9. The number of rotatable bonds is 5. The monoisotopic (exact) mass is 401 g/mol. The zero-order valence-electron chi connectivity index (χ0n) is 13.9. The molecule has 0 spiro atoms. The van der Waals surface area contributed by atoms with E-state index < -0.39 is 0 Å². The number of aromatic nitrogens is 1. The Bertz CT molecular complexity index is 933. The Morgan fingerprint density at radius 2 is 1.88 bits per heavy atom. The molecule has 0 amide bonds. The Morgan fingerprint density at radius 3 is 2.60 bits per heavy atom. The van der Waals surface area contributed by atoms with Crippen LogP contribution < -0.4 is 4.74 Å². The number of hydrogen-bond acceptors (Lipinski definition) is 2. The molecular formula is C20H17BrFNO2. The van der Waals surface area contributed by atoms with Gasteiger partial charge in [-0.3, -0.25) is 4.79 Å². The van der Waals surface area contributed by atoms with Gasteiger partial charge in [0.1, 0.15) is 11.6 Å². The lowest BCUT2D eigenvalue weighted by molar-refractivity contribution is 0.0920. The molecule has 0 saturated heterocycles. The molecule has 0 fully saturated rings. The molecule has 3 aromatic rings.